The number of nitrogens with two attached hydrogens (primary N) is 1. The number of nitrogens with zero attached hydrogens (tertiary/aromatic N) is 1. The van der Waals surface area contributed by atoms with Gasteiger partial charge in [0.2, 0.25) is 0 Å². The highest BCUT2D eigenvalue weighted by Crippen LogP contribution is 2.29. The van der Waals surface area contributed by atoms with E-state index in [4.69, 9.17) is 10.5 Å². The number of phenolic OH excluding ortho intramolecular Hbond substituents is 1. The van der Waals surface area contributed by atoms with Crippen molar-refractivity contribution in [1.82, 2.24) is 0 Å². The van der Waals surface area contributed by atoms with Crippen molar-refractivity contribution in [3.63, 3.8) is 0 Å². The van der Waals surface area contributed by atoms with Gasteiger partial charge in [0.1, 0.15) is 18.4 Å². The van der Waals surface area contributed by atoms with Gasteiger partial charge < -0.3 is 15.6 Å². The minimum Gasteiger partial charge on any atom is -0.507 e. The van der Waals surface area contributed by atoms with Gasteiger partial charge in [-0.05, 0) is 30.5 Å². The fourth-order valence-electron chi connectivity index (χ4n) is 1.74. The Hall–Kier alpha value is -1.71. The zero-order valence-electron chi connectivity index (χ0n) is 8.82. The molecule has 0 aromatic heterocycles. The molecule has 1 aliphatic heterocycles. The molecular weight excluding hydrogens is 192 g/mol. The first-order valence-corrected chi connectivity index (χ1v) is 4.84. The lowest BCUT2D eigenvalue weighted by molar-refractivity contribution is 0.315. The van der Waals surface area contributed by atoms with Gasteiger partial charge in [0.15, 0.2) is 0 Å². The Morgan fingerprint density at radius 3 is 2.47 bits per heavy atom. The van der Waals surface area contributed by atoms with Crippen LogP contribution >= 0.6 is 0 Å². The van der Waals surface area contributed by atoms with Crippen LogP contribution in [-0.2, 0) is 4.74 Å². The molecule has 4 heteroatoms. The summed E-state index contributed by atoms with van der Waals surface area (Å²) in [6, 6.07) is 4.03. The first-order valence-electron chi connectivity index (χ1n) is 4.84. The van der Waals surface area contributed by atoms with Crippen molar-refractivity contribution in [2.45, 2.75) is 19.9 Å². The maximum Gasteiger partial charge on any atom is 0.282 e. The van der Waals surface area contributed by atoms with Gasteiger partial charge in [0, 0.05) is 0 Å². The van der Waals surface area contributed by atoms with Crippen LogP contribution in [-0.4, -0.2) is 17.7 Å². The number of amidine groups is 1. The summed E-state index contributed by atoms with van der Waals surface area (Å²) < 4.78 is 5.10. The maximum absolute atomic E-state index is 9.63. The van der Waals surface area contributed by atoms with Crippen molar-refractivity contribution >= 4 is 6.02 Å². The fourth-order valence-corrected chi connectivity index (χ4v) is 1.74. The standard InChI is InChI=1S/C11H14N2O2/c1-6-3-8(4-7(2)10(6)14)9-5-15-11(12)13-9/h3-4,9,14H,5H2,1-2H3,(H2,12,13). The lowest BCUT2D eigenvalue weighted by Crippen LogP contribution is -2.10. The first kappa shape index (κ1) is 9.83. The van der Waals surface area contributed by atoms with Gasteiger partial charge in [-0.2, -0.15) is 0 Å². The molecule has 15 heavy (non-hydrogen) atoms. The van der Waals surface area contributed by atoms with E-state index in [0.29, 0.717) is 12.4 Å². The summed E-state index contributed by atoms with van der Waals surface area (Å²) in [7, 11) is 0. The third kappa shape index (κ3) is 1.75. The second-order valence-electron chi connectivity index (χ2n) is 3.80. The van der Waals surface area contributed by atoms with Gasteiger partial charge >= 0.3 is 0 Å². The van der Waals surface area contributed by atoms with E-state index in [1.165, 1.54) is 0 Å². The van der Waals surface area contributed by atoms with E-state index in [9.17, 15) is 5.11 Å². The molecule has 2 rings (SSSR count). The van der Waals surface area contributed by atoms with Gasteiger partial charge in [-0.1, -0.05) is 12.1 Å². The Labute approximate surface area is 88.4 Å². The topological polar surface area (TPSA) is 67.8 Å². The van der Waals surface area contributed by atoms with Gasteiger partial charge in [-0.3, -0.25) is 0 Å². The van der Waals surface area contributed by atoms with Crippen LogP contribution in [0.5, 0.6) is 5.75 Å². The molecule has 80 valence electrons. The summed E-state index contributed by atoms with van der Waals surface area (Å²) in [6.45, 7) is 4.22. The number of aromatic hydroxyl groups is 1. The third-order valence-corrected chi connectivity index (χ3v) is 2.57. The third-order valence-electron chi connectivity index (χ3n) is 2.57. The molecule has 0 saturated carbocycles. The average Bonchev–Trinajstić information content (AvgIpc) is 2.60. The zero-order valence-corrected chi connectivity index (χ0v) is 8.82. The molecule has 0 spiro atoms. The van der Waals surface area contributed by atoms with Crippen molar-refractivity contribution in [2.75, 3.05) is 6.61 Å². The van der Waals surface area contributed by atoms with Crippen LogP contribution in [0.15, 0.2) is 17.1 Å². The Morgan fingerprint density at radius 1 is 1.40 bits per heavy atom. The number of ether oxygens (including phenoxy) is 1. The number of hydrogen-bond donors (Lipinski definition) is 2. The highest BCUT2D eigenvalue weighted by molar-refractivity contribution is 5.73. The van der Waals surface area contributed by atoms with Crippen LogP contribution < -0.4 is 5.73 Å². The van der Waals surface area contributed by atoms with Crippen LogP contribution in [0, 0.1) is 13.8 Å². The van der Waals surface area contributed by atoms with Crippen LogP contribution in [0.1, 0.15) is 22.7 Å². The molecule has 1 aromatic carbocycles. The molecule has 1 unspecified atom stereocenters. The van der Waals surface area contributed by atoms with E-state index in [1.54, 1.807) is 0 Å². The molecule has 4 nitrogen and oxygen atoms in total. The minimum atomic E-state index is -0.0389. The van der Waals surface area contributed by atoms with Crippen molar-refractivity contribution in [3.05, 3.63) is 28.8 Å². The van der Waals surface area contributed by atoms with E-state index in [-0.39, 0.29) is 12.1 Å². The number of rotatable bonds is 1. The van der Waals surface area contributed by atoms with E-state index in [2.05, 4.69) is 4.99 Å². The van der Waals surface area contributed by atoms with Crippen molar-refractivity contribution in [3.8, 4) is 5.75 Å². The predicted octanol–water partition coefficient (Wildman–Crippen LogP) is 1.40. The van der Waals surface area contributed by atoms with Gasteiger partial charge in [0.05, 0.1) is 0 Å². The lowest BCUT2D eigenvalue weighted by atomic mass is 10.0. The molecule has 3 N–H and O–H groups in total. The molecule has 0 aliphatic carbocycles. The Bertz CT molecular complexity index is 404. The largest absolute Gasteiger partial charge is 0.507 e. The van der Waals surface area contributed by atoms with Crippen LogP contribution in [0.2, 0.25) is 0 Å². The summed E-state index contributed by atoms with van der Waals surface area (Å²) >= 11 is 0. The van der Waals surface area contributed by atoms with Crippen LogP contribution in [0.3, 0.4) is 0 Å². The van der Waals surface area contributed by atoms with Gasteiger partial charge in [0.25, 0.3) is 6.02 Å². The lowest BCUT2D eigenvalue weighted by Gasteiger charge is -2.10. The Balaban J connectivity index is 2.38. The molecule has 1 aliphatic rings. The number of hydrogen-bond acceptors (Lipinski definition) is 4. The molecule has 1 atom stereocenters. The number of aryl methyl sites for hydroxylation is 2. The monoisotopic (exact) mass is 206 g/mol. The summed E-state index contributed by atoms with van der Waals surface area (Å²) in [4.78, 5) is 4.16. The first-order chi connectivity index (χ1) is 7.08. The molecule has 0 radical (unpaired) electrons. The quantitative estimate of drug-likeness (QED) is 0.729. The fraction of sp³-hybridized carbons (Fsp3) is 0.364. The second kappa shape index (κ2) is 3.46. The van der Waals surface area contributed by atoms with Crippen molar-refractivity contribution in [1.29, 1.82) is 0 Å². The molecular formula is C11H14N2O2. The summed E-state index contributed by atoms with van der Waals surface area (Å²) in [5.41, 5.74) is 8.18. The summed E-state index contributed by atoms with van der Waals surface area (Å²) in [5, 5.41) is 9.63. The molecule has 1 aromatic rings. The number of aliphatic imine (C=N–C) groups is 1. The van der Waals surface area contributed by atoms with Crippen molar-refractivity contribution < 1.29 is 9.84 Å². The summed E-state index contributed by atoms with van der Waals surface area (Å²) in [6.07, 6.45) is 0. The van der Waals surface area contributed by atoms with Gasteiger partial charge in [-0.25, -0.2) is 4.99 Å². The smallest absolute Gasteiger partial charge is 0.282 e. The maximum atomic E-state index is 9.63. The minimum absolute atomic E-state index is 0.0389. The normalized spacial score (nSPS) is 19.9. The SMILES string of the molecule is Cc1cc(C2COC(N)=N2)cc(C)c1O. The van der Waals surface area contributed by atoms with E-state index >= 15 is 0 Å². The van der Waals surface area contributed by atoms with Crippen LogP contribution in [0.4, 0.5) is 0 Å². The Morgan fingerprint density at radius 2 is 2.00 bits per heavy atom. The van der Waals surface area contributed by atoms with E-state index < -0.39 is 0 Å². The highest BCUT2D eigenvalue weighted by atomic mass is 16.5. The number of phenols is 1. The molecule has 1 heterocycles. The molecule has 0 fully saturated rings. The van der Waals surface area contributed by atoms with Crippen molar-refractivity contribution in [2.24, 2.45) is 10.7 Å². The zero-order chi connectivity index (χ0) is 11.0. The number of benzene rings is 1. The highest BCUT2D eigenvalue weighted by Gasteiger charge is 2.19. The van der Waals surface area contributed by atoms with Crippen LogP contribution in [0.25, 0.3) is 0 Å². The van der Waals surface area contributed by atoms with Gasteiger partial charge in [-0.15, -0.1) is 0 Å². The van der Waals surface area contributed by atoms with E-state index in [0.717, 1.165) is 16.7 Å². The molecule has 0 saturated heterocycles. The predicted molar refractivity (Wildman–Crippen MR) is 57.9 cm³/mol. The second-order valence-corrected chi connectivity index (χ2v) is 3.80. The van der Waals surface area contributed by atoms with E-state index in [1.807, 2.05) is 26.0 Å². The molecule has 0 amide bonds. The average molecular weight is 206 g/mol. The molecule has 0 bridgehead atoms. The summed E-state index contributed by atoms with van der Waals surface area (Å²) in [5.74, 6) is 0.342. The Kier molecular flexibility index (Phi) is 2.26.